The third kappa shape index (κ3) is 2.82. The first kappa shape index (κ1) is 13.3. The van der Waals surface area contributed by atoms with Gasteiger partial charge in [-0.05, 0) is 41.7 Å². The second kappa shape index (κ2) is 5.68. The summed E-state index contributed by atoms with van der Waals surface area (Å²) in [5.74, 6) is 0. The maximum absolute atomic E-state index is 6.34. The highest BCUT2D eigenvalue weighted by atomic mass is 79.9. The van der Waals surface area contributed by atoms with E-state index in [-0.39, 0.29) is 6.04 Å². The summed E-state index contributed by atoms with van der Waals surface area (Å²) < 4.78 is 1.13. The molecule has 0 fully saturated rings. The minimum atomic E-state index is -0.0525. The van der Waals surface area contributed by atoms with E-state index in [9.17, 15) is 0 Å². The summed E-state index contributed by atoms with van der Waals surface area (Å²) in [7, 11) is 0. The molecule has 0 radical (unpaired) electrons. The van der Waals surface area contributed by atoms with Crippen LogP contribution in [0.2, 0.25) is 0 Å². The van der Waals surface area contributed by atoms with Crippen molar-refractivity contribution in [2.24, 2.45) is 5.73 Å². The van der Waals surface area contributed by atoms with Gasteiger partial charge in [-0.1, -0.05) is 59.3 Å². The number of rotatable bonds is 3. The Kier molecular flexibility index (Phi) is 4.20. The Morgan fingerprint density at radius 1 is 1.11 bits per heavy atom. The third-order valence-electron chi connectivity index (χ3n) is 3.26. The predicted molar refractivity (Wildman–Crippen MR) is 80.7 cm³/mol. The van der Waals surface area contributed by atoms with Crippen molar-refractivity contribution in [2.45, 2.75) is 26.3 Å². The van der Waals surface area contributed by atoms with Crippen molar-refractivity contribution >= 4 is 15.9 Å². The Labute approximate surface area is 117 Å². The quantitative estimate of drug-likeness (QED) is 0.895. The van der Waals surface area contributed by atoms with Crippen molar-refractivity contribution in [2.75, 3.05) is 0 Å². The fourth-order valence-electron chi connectivity index (χ4n) is 2.06. The minimum absolute atomic E-state index is 0.0525. The topological polar surface area (TPSA) is 26.0 Å². The molecule has 0 heterocycles. The van der Waals surface area contributed by atoms with E-state index in [1.165, 1.54) is 16.7 Å². The zero-order valence-corrected chi connectivity index (χ0v) is 12.4. The molecule has 0 aromatic heterocycles. The standard InChI is InChI=1S/C16H18BrN/c1-3-12-5-4-6-13(10-12)16(18)14-7-8-15(17)11(2)9-14/h4-10,16H,3,18H2,1-2H3. The van der Waals surface area contributed by atoms with Gasteiger partial charge in [0.15, 0.2) is 0 Å². The van der Waals surface area contributed by atoms with Crippen LogP contribution in [0.5, 0.6) is 0 Å². The molecular weight excluding hydrogens is 286 g/mol. The molecule has 0 saturated heterocycles. The van der Waals surface area contributed by atoms with Crippen molar-refractivity contribution in [1.29, 1.82) is 0 Å². The molecule has 0 aliphatic carbocycles. The van der Waals surface area contributed by atoms with Crippen molar-refractivity contribution in [3.63, 3.8) is 0 Å². The molecule has 0 amide bonds. The summed E-state index contributed by atoms with van der Waals surface area (Å²) in [6.45, 7) is 4.25. The summed E-state index contributed by atoms with van der Waals surface area (Å²) in [5, 5.41) is 0. The molecule has 18 heavy (non-hydrogen) atoms. The molecule has 0 spiro atoms. The Morgan fingerprint density at radius 2 is 1.83 bits per heavy atom. The second-order valence-corrected chi connectivity index (χ2v) is 5.44. The highest BCUT2D eigenvalue weighted by Gasteiger charge is 2.10. The first-order valence-electron chi connectivity index (χ1n) is 6.22. The van der Waals surface area contributed by atoms with E-state index in [0.717, 1.165) is 16.5 Å². The molecular formula is C16H18BrN. The smallest absolute Gasteiger partial charge is 0.0551 e. The van der Waals surface area contributed by atoms with Crippen LogP contribution in [0.3, 0.4) is 0 Å². The molecule has 2 aromatic carbocycles. The van der Waals surface area contributed by atoms with Crippen LogP contribution in [-0.4, -0.2) is 0 Å². The van der Waals surface area contributed by atoms with Crippen molar-refractivity contribution < 1.29 is 0 Å². The van der Waals surface area contributed by atoms with Gasteiger partial charge in [-0.2, -0.15) is 0 Å². The van der Waals surface area contributed by atoms with Gasteiger partial charge in [0.05, 0.1) is 6.04 Å². The number of halogens is 1. The fourth-order valence-corrected chi connectivity index (χ4v) is 2.31. The summed E-state index contributed by atoms with van der Waals surface area (Å²) in [6.07, 6.45) is 1.04. The van der Waals surface area contributed by atoms with E-state index in [1.54, 1.807) is 0 Å². The minimum Gasteiger partial charge on any atom is -0.320 e. The van der Waals surface area contributed by atoms with Crippen LogP contribution in [0.4, 0.5) is 0 Å². The molecule has 1 atom stereocenters. The van der Waals surface area contributed by atoms with E-state index in [1.807, 2.05) is 0 Å². The molecule has 1 nitrogen and oxygen atoms in total. The third-order valence-corrected chi connectivity index (χ3v) is 4.15. The van der Waals surface area contributed by atoms with Crippen LogP contribution in [0.15, 0.2) is 46.9 Å². The lowest BCUT2D eigenvalue weighted by Crippen LogP contribution is -2.12. The molecule has 2 N–H and O–H groups in total. The maximum atomic E-state index is 6.34. The summed E-state index contributed by atoms with van der Waals surface area (Å²) >= 11 is 3.52. The Hall–Kier alpha value is -1.12. The molecule has 94 valence electrons. The Balaban J connectivity index is 2.34. The van der Waals surface area contributed by atoms with Gasteiger partial charge in [-0.25, -0.2) is 0 Å². The van der Waals surface area contributed by atoms with Crippen LogP contribution >= 0.6 is 15.9 Å². The van der Waals surface area contributed by atoms with E-state index in [0.29, 0.717) is 0 Å². The van der Waals surface area contributed by atoms with Gasteiger partial charge in [0.25, 0.3) is 0 Å². The van der Waals surface area contributed by atoms with E-state index < -0.39 is 0 Å². The second-order valence-electron chi connectivity index (χ2n) is 4.58. The zero-order chi connectivity index (χ0) is 13.1. The predicted octanol–water partition coefficient (Wildman–Crippen LogP) is 4.37. The van der Waals surface area contributed by atoms with Crippen LogP contribution < -0.4 is 5.73 Å². The van der Waals surface area contributed by atoms with E-state index >= 15 is 0 Å². The van der Waals surface area contributed by atoms with Crippen LogP contribution in [-0.2, 0) is 6.42 Å². The van der Waals surface area contributed by atoms with Gasteiger partial charge < -0.3 is 5.73 Å². The fraction of sp³-hybridized carbons (Fsp3) is 0.250. The number of hydrogen-bond donors (Lipinski definition) is 1. The number of benzene rings is 2. The molecule has 1 unspecified atom stereocenters. The van der Waals surface area contributed by atoms with Crippen molar-refractivity contribution in [3.8, 4) is 0 Å². The molecule has 2 rings (SSSR count). The zero-order valence-electron chi connectivity index (χ0n) is 10.8. The number of hydrogen-bond acceptors (Lipinski definition) is 1. The molecule has 0 bridgehead atoms. The summed E-state index contributed by atoms with van der Waals surface area (Å²) in [5.41, 5.74) is 11.2. The van der Waals surface area contributed by atoms with Gasteiger partial charge in [0.1, 0.15) is 0 Å². The summed E-state index contributed by atoms with van der Waals surface area (Å²) in [4.78, 5) is 0. The van der Waals surface area contributed by atoms with Gasteiger partial charge >= 0.3 is 0 Å². The Bertz CT molecular complexity index is 549. The molecule has 0 saturated carbocycles. The molecule has 0 aliphatic heterocycles. The largest absolute Gasteiger partial charge is 0.320 e. The lowest BCUT2D eigenvalue weighted by atomic mass is 9.96. The first-order chi connectivity index (χ1) is 8.61. The Morgan fingerprint density at radius 3 is 2.50 bits per heavy atom. The van der Waals surface area contributed by atoms with E-state index in [2.05, 4.69) is 72.2 Å². The average molecular weight is 304 g/mol. The molecule has 2 heteroatoms. The first-order valence-corrected chi connectivity index (χ1v) is 7.01. The lowest BCUT2D eigenvalue weighted by Gasteiger charge is -2.14. The van der Waals surface area contributed by atoms with Gasteiger partial charge in [0, 0.05) is 4.47 Å². The highest BCUT2D eigenvalue weighted by Crippen LogP contribution is 2.24. The highest BCUT2D eigenvalue weighted by molar-refractivity contribution is 9.10. The maximum Gasteiger partial charge on any atom is 0.0551 e. The van der Waals surface area contributed by atoms with Gasteiger partial charge in [-0.3, -0.25) is 0 Å². The van der Waals surface area contributed by atoms with Crippen molar-refractivity contribution in [1.82, 2.24) is 0 Å². The SMILES string of the molecule is CCc1cccc(C(N)c2ccc(Br)c(C)c2)c1. The molecule has 2 aromatic rings. The summed E-state index contributed by atoms with van der Waals surface area (Å²) in [6, 6.07) is 14.8. The van der Waals surface area contributed by atoms with E-state index in [4.69, 9.17) is 5.73 Å². The van der Waals surface area contributed by atoms with Crippen LogP contribution in [0, 0.1) is 6.92 Å². The van der Waals surface area contributed by atoms with Gasteiger partial charge in [0.2, 0.25) is 0 Å². The number of aryl methyl sites for hydroxylation is 2. The monoisotopic (exact) mass is 303 g/mol. The average Bonchev–Trinajstić information content (AvgIpc) is 2.41. The van der Waals surface area contributed by atoms with Gasteiger partial charge in [-0.15, -0.1) is 0 Å². The molecule has 0 aliphatic rings. The van der Waals surface area contributed by atoms with Crippen molar-refractivity contribution in [3.05, 3.63) is 69.2 Å². The lowest BCUT2D eigenvalue weighted by molar-refractivity contribution is 0.865. The number of nitrogens with two attached hydrogens (primary N) is 1. The normalized spacial score (nSPS) is 12.4. The van der Waals surface area contributed by atoms with Crippen LogP contribution in [0.25, 0.3) is 0 Å². The van der Waals surface area contributed by atoms with Crippen LogP contribution in [0.1, 0.15) is 35.2 Å².